The maximum Gasteiger partial charge on any atom is 0.338 e. The Kier molecular flexibility index (Phi) is 3.62. The molecule has 4 heteroatoms. The second kappa shape index (κ2) is 5.58. The van der Waals surface area contributed by atoms with Crippen LogP contribution in [0.2, 0.25) is 0 Å². The number of nitrogens with one attached hydrogen (secondary N) is 2. The minimum absolute atomic E-state index is 0.114. The number of hydrogen-bond donors (Lipinski definition) is 2. The van der Waals surface area contributed by atoms with Crippen LogP contribution in [0.15, 0.2) is 60.7 Å². The van der Waals surface area contributed by atoms with Gasteiger partial charge in [-0.3, -0.25) is 0 Å². The molecule has 1 atom stereocenters. The number of benzene rings is 2. The van der Waals surface area contributed by atoms with Gasteiger partial charge in [0.2, 0.25) is 0 Å². The molecule has 2 aromatic rings. The first-order valence-electron chi connectivity index (χ1n) is 7.15. The van der Waals surface area contributed by atoms with Gasteiger partial charge in [-0.1, -0.05) is 48.5 Å². The molecule has 1 heterocycles. The number of amides is 2. The van der Waals surface area contributed by atoms with E-state index in [1.165, 1.54) is 5.56 Å². The van der Waals surface area contributed by atoms with Gasteiger partial charge in [0, 0.05) is 0 Å². The van der Waals surface area contributed by atoms with Crippen LogP contribution in [-0.2, 0) is 6.42 Å². The van der Waals surface area contributed by atoms with Gasteiger partial charge < -0.3 is 5.32 Å². The molecule has 21 heavy (non-hydrogen) atoms. The van der Waals surface area contributed by atoms with Crippen LogP contribution in [0.3, 0.4) is 0 Å². The van der Waals surface area contributed by atoms with Crippen molar-refractivity contribution in [2.75, 3.05) is 5.01 Å². The van der Waals surface area contributed by atoms with E-state index in [0.29, 0.717) is 0 Å². The Balaban J connectivity index is 1.68. The maximum atomic E-state index is 12.2. The third-order valence-electron chi connectivity index (χ3n) is 3.72. The number of carbonyl (C=O) groups excluding carboxylic acids is 1. The molecule has 1 aliphatic heterocycles. The van der Waals surface area contributed by atoms with Crippen molar-refractivity contribution in [3.8, 4) is 0 Å². The summed E-state index contributed by atoms with van der Waals surface area (Å²) < 4.78 is 0. The lowest BCUT2D eigenvalue weighted by Gasteiger charge is -2.25. The van der Waals surface area contributed by atoms with E-state index in [2.05, 4.69) is 22.9 Å². The smallest absolute Gasteiger partial charge is 0.317 e. The lowest BCUT2D eigenvalue weighted by Crippen LogP contribution is -2.48. The summed E-state index contributed by atoms with van der Waals surface area (Å²) in [7, 11) is 0. The van der Waals surface area contributed by atoms with Crippen LogP contribution in [0.25, 0.3) is 0 Å². The topological polar surface area (TPSA) is 44.4 Å². The second-order valence-corrected chi connectivity index (χ2v) is 5.53. The molecule has 0 aliphatic carbocycles. The largest absolute Gasteiger partial charge is 0.338 e. The predicted octanol–water partition coefficient (Wildman–Crippen LogP) is 3.07. The van der Waals surface area contributed by atoms with Crippen molar-refractivity contribution in [1.82, 2.24) is 10.7 Å². The maximum absolute atomic E-state index is 12.2. The number of aryl methyl sites for hydroxylation is 1. The molecule has 4 nitrogen and oxygen atoms in total. The second-order valence-electron chi connectivity index (χ2n) is 5.53. The molecule has 1 saturated heterocycles. The zero-order valence-electron chi connectivity index (χ0n) is 12.0. The Morgan fingerprint density at radius 1 is 1.00 bits per heavy atom. The monoisotopic (exact) mass is 281 g/mol. The van der Waals surface area contributed by atoms with Gasteiger partial charge in [-0.15, -0.1) is 0 Å². The zero-order chi connectivity index (χ0) is 14.7. The molecule has 0 radical (unpaired) electrons. The Morgan fingerprint density at radius 3 is 2.29 bits per heavy atom. The Morgan fingerprint density at radius 2 is 1.62 bits per heavy atom. The molecule has 3 rings (SSSR count). The van der Waals surface area contributed by atoms with Gasteiger partial charge in [-0.25, -0.2) is 15.2 Å². The number of carbonyl (C=O) groups is 1. The minimum Gasteiger partial charge on any atom is -0.317 e. The summed E-state index contributed by atoms with van der Waals surface area (Å²) in [6, 6.07) is 19.8. The lowest BCUT2D eigenvalue weighted by molar-refractivity contribution is 0.246. The molecular weight excluding hydrogens is 262 g/mol. The van der Waals surface area contributed by atoms with Crippen molar-refractivity contribution in [3.05, 3.63) is 66.2 Å². The fourth-order valence-corrected chi connectivity index (χ4v) is 2.53. The SMILES string of the molecule is CC1(CCc2ccccc2)NC(=O)N(c2ccccc2)N1. The molecular formula is C17H19N3O. The highest BCUT2D eigenvalue weighted by molar-refractivity contribution is 5.93. The standard InChI is InChI=1S/C17H19N3O/c1-17(13-12-14-8-4-2-5-9-14)18-16(21)20(19-17)15-10-6-3-7-11-15/h2-11,19H,12-13H2,1H3,(H,18,21). The van der Waals surface area contributed by atoms with E-state index in [1.807, 2.05) is 55.5 Å². The van der Waals surface area contributed by atoms with Crippen molar-refractivity contribution >= 4 is 11.7 Å². The number of urea groups is 1. The third-order valence-corrected chi connectivity index (χ3v) is 3.72. The summed E-state index contributed by atoms with van der Waals surface area (Å²) in [4.78, 5) is 12.2. The van der Waals surface area contributed by atoms with E-state index in [0.717, 1.165) is 18.5 Å². The average molecular weight is 281 g/mol. The van der Waals surface area contributed by atoms with Crippen molar-refractivity contribution in [2.24, 2.45) is 0 Å². The predicted molar refractivity (Wildman–Crippen MR) is 83.8 cm³/mol. The number of anilines is 1. The van der Waals surface area contributed by atoms with Crippen molar-refractivity contribution < 1.29 is 4.79 Å². The Labute approximate surface area is 124 Å². The molecule has 2 N–H and O–H groups in total. The summed E-state index contributed by atoms with van der Waals surface area (Å²) >= 11 is 0. The lowest BCUT2D eigenvalue weighted by atomic mass is 10.0. The zero-order valence-corrected chi connectivity index (χ0v) is 12.0. The molecule has 0 bridgehead atoms. The average Bonchev–Trinajstić information content (AvgIpc) is 2.83. The van der Waals surface area contributed by atoms with E-state index in [9.17, 15) is 4.79 Å². The van der Waals surface area contributed by atoms with Gasteiger partial charge in [-0.05, 0) is 37.5 Å². The molecule has 2 aromatic carbocycles. The first-order valence-corrected chi connectivity index (χ1v) is 7.15. The van der Waals surface area contributed by atoms with Gasteiger partial charge in [-0.2, -0.15) is 0 Å². The van der Waals surface area contributed by atoms with E-state index in [4.69, 9.17) is 0 Å². The van der Waals surface area contributed by atoms with Crippen LogP contribution < -0.4 is 15.8 Å². The number of nitrogens with zero attached hydrogens (tertiary/aromatic N) is 1. The number of hydrogen-bond acceptors (Lipinski definition) is 2. The van der Waals surface area contributed by atoms with Crippen LogP contribution >= 0.6 is 0 Å². The number of para-hydroxylation sites is 1. The summed E-state index contributed by atoms with van der Waals surface area (Å²) in [6.45, 7) is 2.01. The van der Waals surface area contributed by atoms with E-state index < -0.39 is 5.66 Å². The minimum atomic E-state index is -0.428. The van der Waals surface area contributed by atoms with E-state index in [1.54, 1.807) is 5.01 Å². The normalized spacial score (nSPS) is 21.4. The van der Waals surface area contributed by atoms with Crippen LogP contribution in [0.5, 0.6) is 0 Å². The Hall–Kier alpha value is -2.33. The molecule has 108 valence electrons. The van der Waals surface area contributed by atoms with Gasteiger partial charge >= 0.3 is 6.03 Å². The third kappa shape index (κ3) is 3.06. The van der Waals surface area contributed by atoms with Crippen LogP contribution in [0.4, 0.5) is 10.5 Å². The van der Waals surface area contributed by atoms with E-state index >= 15 is 0 Å². The first kappa shape index (κ1) is 13.6. The number of hydrazine groups is 1. The highest BCUT2D eigenvalue weighted by Crippen LogP contribution is 2.22. The van der Waals surface area contributed by atoms with Crippen LogP contribution in [-0.4, -0.2) is 11.7 Å². The van der Waals surface area contributed by atoms with Crippen molar-refractivity contribution in [2.45, 2.75) is 25.4 Å². The molecule has 0 aromatic heterocycles. The molecule has 2 amide bonds. The summed E-state index contributed by atoms with van der Waals surface area (Å²) in [5.41, 5.74) is 4.97. The molecule has 0 spiro atoms. The van der Waals surface area contributed by atoms with Gasteiger partial charge in [0.05, 0.1) is 5.69 Å². The molecule has 0 saturated carbocycles. The van der Waals surface area contributed by atoms with E-state index in [-0.39, 0.29) is 6.03 Å². The Bertz CT molecular complexity index is 614. The van der Waals surface area contributed by atoms with Gasteiger partial charge in [0.25, 0.3) is 0 Å². The van der Waals surface area contributed by atoms with Gasteiger partial charge in [0.15, 0.2) is 0 Å². The number of rotatable bonds is 4. The molecule has 1 aliphatic rings. The molecule has 1 unspecified atom stereocenters. The highest BCUT2D eigenvalue weighted by atomic mass is 16.2. The summed E-state index contributed by atoms with van der Waals surface area (Å²) in [5, 5.41) is 4.60. The fourth-order valence-electron chi connectivity index (χ4n) is 2.53. The fraction of sp³-hybridized carbons (Fsp3) is 0.235. The quantitative estimate of drug-likeness (QED) is 0.904. The van der Waals surface area contributed by atoms with Crippen molar-refractivity contribution in [1.29, 1.82) is 0 Å². The van der Waals surface area contributed by atoms with Crippen molar-refractivity contribution in [3.63, 3.8) is 0 Å². The van der Waals surface area contributed by atoms with Crippen LogP contribution in [0, 0.1) is 0 Å². The highest BCUT2D eigenvalue weighted by Gasteiger charge is 2.38. The van der Waals surface area contributed by atoms with Crippen LogP contribution in [0.1, 0.15) is 18.9 Å². The molecule has 1 fully saturated rings. The summed E-state index contributed by atoms with van der Waals surface area (Å²) in [6.07, 6.45) is 1.74. The van der Waals surface area contributed by atoms with Gasteiger partial charge in [0.1, 0.15) is 5.66 Å². The first-order chi connectivity index (χ1) is 10.2. The summed E-state index contributed by atoms with van der Waals surface area (Å²) in [5.74, 6) is 0.